The van der Waals surface area contributed by atoms with Gasteiger partial charge in [-0.2, -0.15) is 0 Å². The molecule has 94 valence electrons. The van der Waals surface area contributed by atoms with Crippen molar-refractivity contribution in [3.63, 3.8) is 0 Å². The largest absolute Gasteiger partial charge is 0.383 e. The number of nitrogens with zero attached hydrogens (tertiary/aromatic N) is 1. The molecule has 0 bridgehead atoms. The Balaban J connectivity index is 2.08. The molecule has 0 radical (unpaired) electrons. The second kappa shape index (κ2) is 6.15. The van der Waals surface area contributed by atoms with E-state index < -0.39 is 0 Å². The third-order valence-corrected chi connectivity index (χ3v) is 3.60. The minimum atomic E-state index is 0.373. The maximum Gasteiger partial charge on any atom is 0.0659 e. The summed E-state index contributed by atoms with van der Waals surface area (Å²) in [6.07, 6.45) is 1.21. The van der Waals surface area contributed by atoms with Crippen molar-refractivity contribution in [1.82, 2.24) is 4.90 Å². The van der Waals surface area contributed by atoms with Crippen LogP contribution in [0.25, 0.3) is 0 Å². The summed E-state index contributed by atoms with van der Waals surface area (Å²) >= 11 is 0. The summed E-state index contributed by atoms with van der Waals surface area (Å²) in [4.78, 5) is 2.50. The van der Waals surface area contributed by atoms with Crippen molar-refractivity contribution >= 4 is 0 Å². The molecule has 1 fully saturated rings. The predicted molar refractivity (Wildman–Crippen MR) is 69.8 cm³/mol. The Morgan fingerprint density at radius 2 is 2.18 bits per heavy atom. The number of methoxy groups -OCH3 is 1. The molecule has 2 rings (SSSR count). The Hall–Kier alpha value is -0.900. The summed E-state index contributed by atoms with van der Waals surface area (Å²) < 4.78 is 5.37. The molecule has 1 aliphatic rings. The summed E-state index contributed by atoms with van der Waals surface area (Å²) in [6, 6.07) is 11.0. The van der Waals surface area contributed by atoms with E-state index >= 15 is 0 Å². The van der Waals surface area contributed by atoms with E-state index in [4.69, 9.17) is 10.5 Å². The van der Waals surface area contributed by atoms with Crippen LogP contribution in [-0.4, -0.2) is 38.3 Å². The van der Waals surface area contributed by atoms with E-state index in [1.807, 2.05) is 0 Å². The lowest BCUT2D eigenvalue weighted by Crippen LogP contribution is -2.30. The molecule has 2 N–H and O–H groups in total. The van der Waals surface area contributed by atoms with E-state index in [2.05, 4.69) is 35.2 Å². The van der Waals surface area contributed by atoms with Crippen LogP contribution in [0.5, 0.6) is 0 Å². The normalized spacial score (nSPS) is 22.8. The summed E-state index contributed by atoms with van der Waals surface area (Å²) in [5.74, 6) is 0.651. The van der Waals surface area contributed by atoms with Crippen molar-refractivity contribution in [2.45, 2.75) is 12.5 Å². The van der Waals surface area contributed by atoms with Gasteiger partial charge in [-0.25, -0.2) is 0 Å². The highest BCUT2D eigenvalue weighted by Gasteiger charge is 2.28. The molecule has 1 heterocycles. The summed E-state index contributed by atoms with van der Waals surface area (Å²) in [5, 5.41) is 0. The van der Waals surface area contributed by atoms with Crippen LogP contribution in [0.1, 0.15) is 18.0 Å². The Morgan fingerprint density at radius 3 is 2.76 bits per heavy atom. The van der Waals surface area contributed by atoms with Gasteiger partial charge < -0.3 is 10.5 Å². The molecule has 0 amide bonds. The standard InChI is InChI=1S/C14H22N2O/c1-17-11-14(13-5-3-2-4-6-13)16-8-7-12(9-15)10-16/h2-6,12,14H,7-11,15H2,1H3. The third kappa shape index (κ3) is 3.06. The topological polar surface area (TPSA) is 38.5 Å². The number of benzene rings is 1. The monoisotopic (exact) mass is 234 g/mol. The number of hydrogen-bond donors (Lipinski definition) is 1. The number of hydrogen-bond acceptors (Lipinski definition) is 3. The molecule has 2 unspecified atom stereocenters. The van der Waals surface area contributed by atoms with Crippen LogP contribution in [0.3, 0.4) is 0 Å². The molecule has 3 nitrogen and oxygen atoms in total. The lowest BCUT2D eigenvalue weighted by molar-refractivity contribution is 0.103. The first-order valence-corrected chi connectivity index (χ1v) is 6.33. The minimum absolute atomic E-state index is 0.373. The first kappa shape index (κ1) is 12.6. The van der Waals surface area contributed by atoms with Gasteiger partial charge in [0.25, 0.3) is 0 Å². The predicted octanol–water partition coefficient (Wildman–Crippen LogP) is 1.65. The van der Waals surface area contributed by atoms with Crippen LogP contribution in [-0.2, 0) is 4.74 Å². The maximum atomic E-state index is 5.75. The SMILES string of the molecule is COCC(c1ccccc1)N1CCC(CN)C1. The molecule has 0 saturated carbocycles. The van der Waals surface area contributed by atoms with Crippen molar-refractivity contribution in [2.75, 3.05) is 33.4 Å². The Bertz CT molecular complexity index is 328. The van der Waals surface area contributed by atoms with Gasteiger partial charge in [-0.15, -0.1) is 0 Å². The molecule has 0 aromatic heterocycles. The van der Waals surface area contributed by atoms with Gasteiger partial charge in [0.2, 0.25) is 0 Å². The zero-order valence-corrected chi connectivity index (χ0v) is 10.5. The smallest absolute Gasteiger partial charge is 0.0659 e. The Kier molecular flexibility index (Phi) is 4.54. The van der Waals surface area contributed by atoms with E-state index in [9.17, 15) is 0 Å². The van der Waals surface area contributed by atoms with Gasteiger partial charge in [-0.1, -0.05) is 30.3 Å². The van der Waals surface area contributed by atoms with Crippen LogP contribution >= 0.6 is 0 Å². The maximum absolute atomic E-state index is 5.75. The quantitative estimate of drug-likeness (QED) is 0.842. The van der Waals surface area contributed by atoms with Crippen molar-refractivity contribution in [3.8, 4) is 0 Å². The van der Waals surface area contributed by atoms with Gasteiger partial charge in [0, 0.05) is 13.7 Å². The highest BCUT2D eigenvalue weighted by Crippen LogP contribution is 2.27. The molecule has 2 atom stereocenters. The molecule has 17 heavy (non-hydrogen) atoms. The van der Waals surface area contributed by atoms with Crippen LogP contribution < -0.4 is 5.73 Å². The summed E-state index contributed by atoms with van der Waals surface area (Å²) in [7, 11) is 1.77. The lowest BCUT2D eigenvalue weighted by Gasteiger charge is -2.27. The van der Waals surface area contributed by atoms with Crippen LogP contribution in [0.4, 0.5) is 0 Å². The van der Waals surface area contributed by atoms with E-state index in [1.54, 1.807) is 7.11 Å². The average molecular weight is 234 g/mol. The highest BCUT2D eigenvalue weighted by molar-refractivity contribution is 5.19. The molecule has 3 heteroatoms. The van der Waals surface area contributed by atoms with E-state index in [-0.39, 0.29) is 0 Å². The fourth-order valence-corrected chi connectivity index (χ4v) is 2.58. The van der Waals surface area contributed by atoms with Crippen molar-refractivity contribution in [1.29, 1.82) is 0 Å². The third-order valence-electron chi connectivity index (χ3n) is 3.60. The van der Waals surface area contributed by atoms with E-state index in [0.29, 0.717) is 12.0 Å². The number of ether oxygens (including phenoxy) is 1. The zero-order chi connectivity index (χ0) is 12.1. The number of likely N-dealkylation sites (tertiary alicyclic amines) is 1. The van der Waals surface area contributed by atoms with Gasteiger partial charge >= 0.3 is 0 Å². The fourth-order valence-electron chi connectivity index (χ4n) is 2.58. The highest BCUT2D eigenvalue weighted by atomic mass is 16.5. The molecule has 0 spiro atoms. The number of rotatable bonds is 5. The molecule has 1 aromatic carbocycles. The lowest BCUT2D eigenvalue weighted by atomic mass is 10.1. The molecular formula is C14H22N2O. The first-order valence-electron chi connectivity index (χ1n) is 6.33. The molecule has 0 aliphatic carbocycles. The van der Waals surface area contributed by atoms with Gasteiger partial charge in [-0.05, 0) is 31.0 Å². The fraction of sp³-hybridized carbons (Fsp3) is 0.571. The van der Waals surface area contributed by atoms with Crippen molar-refractivity contribution < 1.29 is 4.74 Å². The number of nitrogens with two attached hydrogens (primary N) is 1. The molecule has 1 saturated heterocycles. The second-order valence-corrected chi connectivity index (χ2v) is 4.77. The summed E-state index contributed by atoms with van der Waals surface area (Å²) in [5.41, 5.74) is 7.09. The van der Waals surface area contributed by atoms with Crippen LogP contribution in [0.2, 0.25) is 0 Å². The van der Waals surface area contributed by atoms with Crippen LogP contribution in [0.15, 0.2) is 30.3 Å². The van der Waals surface area contributed by atoms with Crippen LogP contribution in [0, 0.1) is 5.92 Å². The van der Waals surface area contributed by atoms with Crippen molar-refractivity contribution in [2.24, 2.45) is 11.7 Å². The van der Waals surface area contributed by atoms with Gasteiger partial charge in [0.1, 0.15) is 0 Å². The first-order chi connectivity index (χ1) is 8.35. The molecule has 1 aromatic rings. The molecular weight excluding hydrogens is 212 g/mol. The Morgan fingerprint density at radius 1 is 1.41 bits per heavy atom. The zero-order valence-electron chi connectivity index (χ0n) is 10.5. The average Bonchev–Trinajstić information content (AvgIpc) is 2.85. The minimum Gasteiger partial charge on any atom is -0.383 e. The van der Waals surface area contributed by atoms with Gasteiger partial charge in [0.15, 0.2) is 0 Å². The van der Waals surface area contributed by atoms with Gasteiger partial charge in [-0.3, -0.25) is 4.90 Å². The van der Waals surface area contributed by atoms with Crippen molar-refractivity contribution in [3.05, 3.63) is 35.9 Å². The summed E-state index contributed by atoms with van der Waals surface area (Å²) in [6.45, 7) is 3.77. The second-order valence-electron chi connectivity index (χ2n) is 4.77. The molecule has 1 aliphatic heterocycles. The van der Waals surface area contributed by atoms with Gasteiger partial charge in [0.05, 0.1) is 12.6 Å². The van der Waals surface area contributed by atoms with E-state index in [1.165, 1.54) is 12.0 Å². The van der Waals surface area contributed by atoms with E-state index in [0.717, 1.165) is 26.2 Å². The Labute approximate surface area is 104 Å².